The zero-order valence-electron chi connectivity index (χ0n) is 13.2. The molecule has 0 heterocycles. The second kappa shape index (κ2) is 6.96. The topological polar surface area (TPSA) is 63.4 Å². The molecule has 1 atom stereocenters. The molecule has 2 rings (SSSR count). The molecular weight excluding hydrogens is 407 g/mol. The third-order valence-corrected chi connectivity index (χ3v) is 4.61. The van der Waals surface area contributed by atoms with Crippen LogP contribution in [0.3, 0.4) is 0 Å². The number of aromatic hydroxyl groups is 1. The summed E-state index contributed by atoms with van der Waals surface area (Å²) < 4.78 is 59.2. The molecule has 0 bridgehead atoms. The number of nitro groups is 1. The summed E-state index contributed by atoms with van der Waals surface area (Å²) in [6, 6.07) is 13.8. The van der Waals surface area contributed by atoms with Crippen molar-refractivity contribution in [3.63, 3.8) is 0 Å². The van der Waals surface area contributed by atoms with Crippen LogP contribution in [0.1, 0.15) is 5.56 Å². The Morgan fingerprint density at radius 1 is 0.962 bits per heavy atom. The van der Waals surface area contributed by atoms with Gasteiger partial charge in [-0.2, -0.15) is 0 Å². The first-order chi connectivity index (χ1) is 11.5. The Kier molecular flexibility index (Phi) is 5.90. The van der Waals surface area contributed by atoms with Crippen LogP contribution in [-0.2, 0) is 16.6 Å². The van der Waals surface area contributed by atoms with E-state index in [9.17, 15) is 40.4 Å². The molecule has 0 fully saturated rings. The monoisotopic (exact) mass is 421 g/mol. The van der Waals surface area contributed by atoms with E-state index in [1.165, 1.54) is 12.1 Å². The maximum atomic E-state index is 10.6. The molecule has 1 unspecified atom stereocenters. The molecule has 0 aliphatic rings. The molecule has 2 aromatic carbocycles. The summed E-state index contributed by atoms with van der Waals surface area (Å²) in [7, 11) is -10.6. The number of phenols is 1. The number of non-ortho nitro benzene ring substituents is 1. The number of halogens is 6. The van der Waals surface area contributed by atoms with Crippen molar-refractivity contribution in [1.29, 1.82) is 0 Å². The summed E-state index contributed by atoms with van der Waals surface area (Å²) >= 11 is 0. The first-order valence-electron chi connectivity index (χ1n) is 6.72. The predicted octanol–water partition coefficient (Wildman–Crippen LogP) is 6.49. The van der Waals surface area contributed by atoms with Gasteiger partial charge in [-0.05, 0) is 36.4 Å². The molecule has 4 nitrogen and oxygen atoms in total. The van der Waals surface area contributed by atoms with Crippen molar-refractivity contribution in [3.05, 3.63) is 64.2 Å². The Bertz CT molecular complexity index is 755. The Morgan fingerprint density at radius 2 is 1.38 bits per heavy atom. The number of benzene rings is 2. The van der Waals surface area contributed by atoms with Crippen molar-refractivity contribution in [3.8, 4) is 5.75 Å². The van der Waals surface area contributed by atoms with Crippen molar-refractivity contribution >= 4 is 24.4 Å². The Balaban J connectivity index is 0.000000412. The van der Waals surface area contributed by atoms with E-state index in [0.717, 1.165) is 16.2 Å². The van der Waals surface area contributed by atoms with E-state index < -0.39 is 12.7 Å². The fraction of sp³-hybridized carbons (Fsp3) is 0.143. The van der Waals surface area contributed by atoms with Gasteiger partial charge in [0, 0.05) is 28.6 Å². The third-order valence-electron chi connectivity index (χ3n) is 2.77. The van der Waals surface area contributed by atoms with Crippen LogP contribution < -0.4 is 0 Å². The number of hydrogen-bond acceptors (Lipinski definition) is 3. The van der Waals surface area contributed by atoms with Crippen LogP contribution in [-0.4, -0.2) is 16.3 Å². The van der Waals surface area contributed by atoms with Gasteiger partial charge in [-0.15, -0.1) is 0 Å². The first-order valence-corrected chi connectivity index (χ1v) is 10.6. The van der Waals surface area contributed by atoms with Crippen LogP contribution in [0.5, 0.6) is 5.75 Å². The number of nitro benzene ring substituents is 1. The quantitative estimate of drug-likeness (QED) is 0.202. The van der Waals surface area contributed by atoms with Crippen LogP contribution >= 0.6 is 7.81 Å². The molecule has 2 aromatic rings. The maximum absolute atomic E-state index is 10.7. The molecule has 12 heteroatoms. The number of hydrogen-bond donors (Lipinski definition) is 1. The minimum absolute atomic E-state index is 0.00907. The van der Waals surface area contributed by atoms with Crippen molar-refractivity contribution in [1.82, 2.24) is 0 Å². The zero-order valence-corrected chi connectivity index (χ0v) is 14.9. The van der Waals surface area contributed by atoms with Crippen molar-refractivity contribution < 1.29 is 35.2 Å². The third kappa shape index (κ3) is 10.8. The van der Waals surface area contributed by atoms with E-state index in [4.69, 9.17) is 0 Å². The summed E-state index contributed by atoms with van der Waals surface area (Å²) in [6.45, 7) is 0. The average molecular weight is 421 g/mol. The van der Waals surface area contributed by atoms with Crippen LogP contribution in [0.25, 0.3) is 0 Å². The number of phenolic OH excluding ortho intramolecular Hbond substituents is 1. The van der Waals surface area contributed by atoms with Crippen LogP contribution in [0.2, 0.25) is 0 Å². The molecule has 0 saturated carbocycles. The molecular formula is C14H14F6NO3PS. The van der Waals surface area contributed by atoms with Gasteiger partial charge < -0.3 is 5.11 Å². The molecule has 0 amide bonds. The van der Waals surface area contributed by atoms with Gasteiger partial charge in [-0.1, -0.05) is 0 Å². The molecule has 0 spiro atoms. The van der Waals surface area contributed by atoms with Crippen LogP contribution in [0.4, 0.5) is 30.9 Å². The number of nitrogens with zero attached hydrogens (tertiary/aromatic N) is 1. The normalized spacial score (nSPS) is 15.0. The summed E-state index contributed by atoms with van der Waals surface area (Å²) in [6.07, 6.45) is 2.12. The Morgan fingerprint density at radius 3 is 1.77 bits per heavy atom. The summed E-state index contributed by atoms with van der Waals surface area (Å²) in [5, 5.41) is 19.8. The van der Waals surface area contributed by atoms with E-state index in [1.54, 1.807) is 24.3 Å². The molecule has 1 N–H and O–H groups in total. The van der Waals surface area contributed by atoms with Crippen LogP contribution in [0, 0.1) is 10.1 Å². The Labute approximate surface area is 147 Å². The van der Waals surface area contributed by atoms with Crippen molar-refractivity contribution in [2.75, 3.05) is 6.26 Å². The van der Waals surface area contributed by atoms with Gasteiger partial charge in [0.05, 0.1) is 4.92 Å². The molecule has 0 aliphatic heterocycles. The molecule has 0 aliphatic carbocycles. The van der Waals surface area contributed by atoms with Gasteiger partial charge in [-0.25, -0.2) is 0 Å². The molecule has 0 aromatic heterocycles. The number of rotatable bonds is 4. The summed E-state index contributed by atoms with van der Waals surface area (Å²) in [5.74, 6) is 1.10. The van der Waals surface area contributed by atoms with E-state index in [1.807, 2.05) is 12.1 Å². The first kappa shape index (κ1) is 22.0. The predicted molar refractivity (Wildman–Crippen MR) is 90.0 cm³/mol. The second-order valence-electron chi connectivity index (χ2n) is 5.16. The van der Waals surface area contributed by atoms with Gasteiger partial charge in [0.2, 0.25) is 0 Å². The zero-order chi connectivity index (χ0) is 20.2. The summed E-state index contributed by atoms with van der Waals surface area (Å²) in [5.41, 5.74) is 1.19. The van der Waals surface area contributed by atoms with Gasteiger partial charge in [0.15, 0.2) is 4.90 Å². The second-order valence-corrected chi connectivity index (χ2v) is 9.11. The molecule has 26 heavy (non-hydrogen) atoms. The summed E-state index contributed by atoms with van der Waals surface area (Å²) in [4.78, 5) is 11.3. The van der Waals surface area contributed by atoms with E-state index in [-0.39, 0.29) is 22.3 Å². The van der Waals surface area contributed by atoms with E-state index in [2.05, 4.69) is 6.26 Å². The van der Waals surface area contributed by atoms with Gasteiger partial charge in [0.1, 0.15) is 17.8 Å². The van der Waals surface area contributed by atoms with Crippen molar-refractivity contribution in [2.24, 2.45) is 0 Å². The van der Waals surface area contributed by atoms with E-state index in [0.29, 0.717) is 0 Å². The molecule has 0 saturated heterocycles. The van der Waals surface area contributed by atoms with Crippen LogP contribution in [0.15, 0.2) is 53.4 Å². The molecule has 146 valence electrons. The van der Waals surface area contributed by atoms with Gasteiger partial charge in [0.25, 0.3) is 5.69 Å². The SMILES string of the molecule is C[S+](Cc1ccc([N+](=O)[O-])cc1)c1ccc(O)cc1.F[P-](F)(F)(F)(F)F. The fourth-order valence-corrected chi connectivity index (χ4v) is 3.19. The minimum atomic E-state index is -10.7. The average Bonchev–Trinajstić information content (AvgIpc) is 2.45. The standard InChI is InChI=1S/C14H13NO3S.F6P/c1-19(14-8-6-13(16)7-9-14)10-11-2-4-12(5-3-11)15(17)18;1-7(2,3,4,5)6/h2-9H,10H2,1H3;/q;-1/p+1. The van der Waals surface area contributed by atoms with E-state index >= 15 is 0 Å². The van der Waals surface area contributed by atoms with Gasteiger partial charge in [-0.3, -0.25) is 10.1 Å². The van der Waals surface area contributed by atoms with Gasteiger partial charge >= 0.3 is 33.0 Å². The Hall–Kier alpha value is -2.00. The van der Waals surface area contributed by atoms with Crippen molar-refractivity contribution in [2.45, 2.75) is 10.6 Å². The molecule has 0 radical (unpaired) electrons. The fourth-order valence-electron chi connectivity index (χ4n) is 1.73.